The summed E-state index contributed by atoms with van der Waals surface area (Å²) in [5.74, 6) is 1.63. The zero-order valence-corrected chi connectivity index (χ0v) is 13.8. The number of ether oxygens (including phenoxy) is 1. The number of hydrogen-bond acceptors (Lipinski definition) is 3. The smallest absolute Gasteiger partial charge is 0.410 e. The average molecular weight is 314 g/mol. The Kier molecular flexibility index (Phi) is 4.25. The summed E-state index contributed by atoms with van der Waals surface area (Å²) in [5.41, 5.74) is 2.75. The third-order valence-electron chi connectivity index (χ3n) is 5.30. The summed E-state index contributed by atoms with van der Waals surface area (Å²) in [7, 11) is 0. The van der Waals surface area contributed by atoms with Gasteiger partial charge in [-0.3, -0.25) is 4.90 Å². The van der Waals surface area contributed by atoms with Gasteiger partial charge in [-0.2, -0.15) is 0 Å². The third kappa shape index (κ3) is 3.69. The van der Waals surface area contributed by atoms with Gasteiger partial charge in [0.15, 0.2) is 0 Å². The van der Waals surface area contributed by atoms with E-state index >= 15 is 0 Å². The van der Waals surface area contributed by atoms with Crippen molar-refractivity contribution < 1.29 is 9.53 Å². The van der Waals surface area contributed by atoms with Gasteiger partial charge in [0, 0.05) is 32.7 Å². The van der Waals surface area contributed by atoms with Crippen LogP contribution < -0.4 is 4.74 Å². The molecule has 1 amide bonds. The number of likely N-dealkylation sites (tertiary alicyclic amines) is 1. The molecular weight excluding hydrogens is 288 g/mol. The van der Waals surface area contributed by atoms with Gasteiger partial charge in [0.2, 0.25) is 0 Å². The first kappa shape index (κ1) is 15.0. The van der Waals surface area contributed by atoms with E-state index in [1.165, 1.54) is 36.9 Å². The standard InChI is InChI=1S/C19H26N2O2/c22-19(21-9-2-1-3-10-21)23-18-7-6-16-8-11-20(13-15-4-5-15)14-17(16)12-18/h6-7,12,15H,1-5,8-11,13-14H2. The van der Waals surface area contributed by atoms with Gasteiger partial charge in [0.05, 0.1) is 0 Å². The summed E-state index contributed by atoms with van der Waals surface area (Å²) in [5, 5.41) is 0. The van der Waals surface area contributed by atoms with Crippen molar-refractivity contribution in [3.05, 3.63) is 29.3 Å². The van der Waals surface area contributed by atoms with Gasteiger partial charge >= 0.3 is 6.09 Å². The molecule has 0 bridgehead atoms. The van der Waals surface area contributed by atoms with Crippen molar-refractivity contribution in [2.45, 2.75) is 45.1 Å². The quantitative estimate of drug-likeness (QED) is 0.857. The molecule has 0 N–H and O–H groups in total. The van der Waals surface area contributed by atoms with Gasteiger partial charge in [-0.05, 0) is 67.7 Å². The summed E-state index contributed by atoms with van der Waals surface area (Å²) in [6.07, 6.45) is 7.13. The summed E-state index contributed by atoms with van der Waals surface area (Å²) >= 11 is 0. The van der Waals surface area contributed by atoms with Crippen LogP contribution in [0, 0.1) is 5.92 Å². The monoisotopic (exact) mass is 314 g/mol. The van der Waals surface area contributed by atoms with Crippen LogP contribution in [0.3, 0.4) is 0 Å². The maximum absolute atomic E-state index is 12.2. The molecule has 0 unspecified atom stereocenters. The second kappa shape index (κ2) is 6.52. The fraction of sp³-hybridized carbons (Fsp3) is 0.632. The van der Waals surface area contributed by atoms with Crippen LogP contribution in [-0.2, 0) is 13.0 Å². The Labute approximate surface area is 138 Å². The molecule has 124 valence electrons. The number of piperidine rings is 1. The molecular formula is C19H26N2O2. The molecule has 23 heavy (non-hydrogen) atoms. The molecule has 4 rings (SSSR count). The number of carbonyl (C=O) groups excluding carboxylic acids is 1. The van der Waals surface area contributed by atoms with Crippen LogP contribution in [0.1, 0.15) is 43.2 Å². The number of rotatable bonds is 3. The Morgan fingerprint density at radius 3 is 2.70 bits per heavy atom. The highest BCUT2D eigenvalue weighted by Crippen LogP contribution is 2.32. The molecule has 3 aliphatic rings. The van der Waals surface area contributed by atoms with Crippen LogP contribution in [0.2, 0.25) is 0 Å². The van der Waals surface area contributed by atoms with Crippen LogP contribution in [-0.4, -0.2) is 42.1 Å². The Morgan fingerprint density at radius 1 is 1.09 bits per heavy atom. The SMILES string of the molecule is O=C(Oc1ccc2c(c1)CN(CC1CC1)CC2)N1CCCCC1. The van der Waals surface area contributed by atoms with Gasteiger partial charge in [-0.25, -0.2) is 4.79 Å². The fourth-order valence-electron chi connectivity index (χ4n) is 3.72. The van der Waals surface area contributed by atoms with E-state index in [9.17, 15) is 4.79 Å². The minimum atomic E-state index is -0.185. The molecule has 0 atom stereocenters. The molecule has 1 aromatic rings. The first-order valence-electron chi connectivity index (χ1n) is 9.09. The van der Waals surface area contributed by atoms with Crippen molar-refractivity contribution in [1.29, 1.82) is 0 Å². The number of hydrogen-bond donors (Lipinski definition) is 0. The molecule has 1 saturated heterocycles. The lowest BCUT2D eigenvalue weighted by molar-refractivity contribution is 0.142. The molecule has 0 aromatic heterocycles. The lowest BCUT2D eigenvalue weighted by atomic mass is 9.99. The van der Waals surface area contributed by atoms with Crippen molar-refractivity contribution in [1.82, 2.24) is 9.80 Å². The van der Waals surface area contributed by atoms with E-state index in [1.807, 2.05) is 11.0 Å². The fourth-order valence-corrected chi connectivity index (χ4v) is 3.72. The molecule has 2 heterocycles. The van der Waals surface area contributed by atoms with Crippen LogP contribution >= 0.6 is 0 Å². The molecule has 2 fully saturated rings. The highest BCUT2D eigenvalue weighted by Gasteiger charge is 2.26. The van der Waals surface area contributed by atoms with Crippen LogP contribution in [0.15, 0.2) is 18.2 Å². The lowest BCUT2D eigenvalue weighted by Crippen LogP contribution is -2.37. The van der Waals surface area contributed by atoms with Crippen LogP contribution in [0.25, 0.3) is 0 Å². The molecule has 1 aromatic carbocycles. The number of nitrogens with zero attached hydrogens (tertiary/aromatic N) is 2. The van der Waals surface area contributed by atoms with Gasteiger partial charge in [-0.15, -0.1) is 0 Å². The Hall–Kier alpha value is -1.55. The molecule has 4 nitrogen and oxygen atoms in total. The summed E-state index contributed by atoms with van der Waals surface area (Å²) < 4.78 is 5.62. The zero-order chi connectivity index (χ0) is 15.6. The summed E-state index contributed by atoms with van der Waals surface area (Å²) in [6.45, 7) is 5.06. The molecule has 4 heteroatoms. The Bertz CT molecular complexity index is 577. The van der Waals surface area contributed by atoms with E-state index in [0.29, 0.717) is 5.75 Å². The Balaban J connectivity index is 1.40. The predicted molar refractivity (Wildman–Crippen MR) is 89.6 cm³/mol. The number of amides is 1. The molecule has 2 aliphatic heterocycles. The summed E-state index contributed by atoms with van der Waals surface area (Å²) in [4.78, 5) is 16.6. The second-order valence-corrected chi connectivity index (χ2v) is 7.27. The molecule has 1 aliphatic carbocycles. The average Bonchev–Trinajstić information content (AvgIpc) is 3.39. The maximum atomic E-state index is 12.2. The van der Waals surface area contributed by atoms with Gasteiger partial charge in [0.25, 0.3) is 0 Å². The van der Waals surface area contributed by atoms with Gasteiger partial charge < -0.3 is 9.64 Å². The highest BCUT2D eigenvalue weighted by molar-refractivity contribution is 5.70. The third-order valence-corrected chi connectivity index (χ3v) is 5.30. The highest BCUT2D eigenvalue weighted by atomic mass is 16.6. The Morgan fingerprint density at radius 2 is 1.91 bits per heavy atom. The van der Waals surface area contributed by atoms with Gasteiger partial charge in [0.1, 0.15) is 5.75 Å². The van der Waals surface area contributed by atoms with Crippen LogP contribution in [0.5, 0.6) is 5.75 Å². The first-order chi connectivity index (χ1) is 11.3. The number of benzene rings is 1. The molecule has 0 radical (unpaired) electrons. The van der Waals surface area contributed by atoms with Gasteiger partial charge in [-0.1, -0.05) is 6.07 Å². The number of fused-ring (bicyclic) bond motifs is 1. The van der Waals surface area contributed by atoms with E-state index in [0.717, 1.165) is 51.4 Å². The van der Waals surface area contributed by atoms with E-state index in [2.05, 4.69) is 17.0 Å². The van der Waals surface area contributed by atoms with Crippen molar-refractivity contribution in [3.8, 4) is 5.75 Å². The van der Waals surface area contributed by atoms with E-state index < -0.39 is 0 Å². The van der Waals surface area contributed by atoms with Crippen molar-refractivity contribution in [2.24, 2.45) is 5.92 Å². The first-order valence-corrected chi connectivity index (χ1v) is 9.09. The summed E-state index contributed by atoms with van der Waals surface area (Å²) in [6, 6.07) is 6.18. The van der Waals surface area contributed by atoms with E-state index in [-0.39, 0.29) is 6.09 Å². The van der Waals surface area contributed by atoms with E-state index in [1.54, 1.807) is 0 Å². The molecule has 0 spiro atoms. The number of carbonyl (C=O) groups is 1. The van der Waals surface area contributed by atoms with E-state index in [4.69, 9.17) is 4.74 Å². The van der Waals surface area contributed by atoms with Crippen molar-refractivity contribution in [3.63, 3.8) is 0 Å². The van der Waals surface area contributed by atoms with Crippen LogP contribution in [0.4, 0.5) is 4.79 Å². The van der Waals surface area contributed by atoms with Crippen molar-refractivity contribution >= 4 is 6.09 Å². The normalized spacial score (nSPS) is 21.8. The lowest BCUT2D eigenvalue weighted by Gasteiger charge is -2.29. The molecule has 1 saturated carbocycles. The largest absolute Gasteiger partial charge is 0.415 e. The zero-order valence-electron chi connectivity index (χ0n) is 13.8. The minimum absolute atomic E-state index is 0.185. The minimum Gasteiger partial charge on any atom is -0.410 e. The topological polar surface area (TPSA) is 32.8 Å². The second-order valence-electron chi connectivity index (χ2n) is 7.27. The van der Waals surface area contributed by atoms with Crippen molar-refractivity contribution in [2.75, 3.05) is 26.2 Å². The predicted octanol–water partition coefficient (Wildman–Crippen LogP) is 3.44. The maximum Gasteiger partial charge on any atom is 0.415 e.